The highest BCUT2D eigenvalue weighted by Gasteiger charge is 2.07. The molecule has 0 aliphatic rings. The average molecular weight is 206 g/mol. The maximum absolute atomic E-state index is 10.9. The molecule has 0 saturated heterocycles. The van der Waals surface area contributed by atoms with Gasteiger partial charge in [0.15, 0.2) is 6.29 Å². The van der Waals surface area contributed by atoms with Crippen LogP contribution in [0.1, 0.15) is 49.5 Å². The van der Waals surface area contributed by atoms with Crippen molar-refractivity contribution in [3.63, 3.8) is 0 Å². The molecule has 0 N–H and O–H groups in total. The Kier molecular flexibility index (Phi) is 3.89. The summed E-state index contributed by atoms with van der Waals surface area (Å²) in [5.74, 6) is 1.10. The van der Waals surface area contributed by atoms with E-state index < -0.39 is 0 Å². The molecular formula is C13H18O2. The molecule has 82 valence electrons. The first-order valence-electron chi connectivity index (χ1n) is 5.30. The third kappa shape index (κ3) is 3.08. The molecule has 0 spiro atoms. The Morgan fingerprint density at radius 1 is 1.20 bits per heavy atom. The third-order valence-corrected chi connectivity index (χ3v) is 2.19. The van der Waals surface area contributed by atoms with Gasteiger partial charge in [-0.2, -0.15) is 0 Å². The van der Waals surface area contributed by atoms with Crippen molar-refractivity contribution in [1.29, 1.82) is 0 Å². The highest BCUT2D eigenvalue weighted by Crippen LogP contribution is 2.23. The summed E-state index contributed by atoms with van der Waals surface area (Å²) >= 11 is 0. The van der Waals surface area contributed by atoms with Crippen LogP contribution >= 0.6 is 0 Å². The van der Waals surface area contributed by atoms with Crippen molar-refractivity contribution in [1.82, 2.24) is 0 Å². The highest BCUT2D eigenvalue weighted by molar-refractivity contribution is 5.79. The van der Waals surface area contributed by atoms with Gasteiger partial charge in [0.25, 0.3) is 0 Å². The number of hydrogen-bond acceptors (Lipinski definition) is 2. The Balaban J connectivity index is 3.03. The van der Waals surface area contributed by atoms with E-state index in [2.05, 4.69) is 13.8 Å². The van der Waals surface area contributed by atoms with Crippen molar-refractivity contribution >= 4 is 6.29 Å². The fourth-order valence-corrected chi connectivity index (χ4v) is 1.38. The predicted molar refractivity (Wildman–Crippen MR) is 61.7 cm³/mol. The highest BCUT2D eigenvalue weighted by atomic mass is 16.5. The summed E-state index contributed by atoms with van der Waals surface area (Å²) in [4.78, 5) is 10.9. The second kappa shape index (κ2) is 4.96. The normalized spacial score (nSPS) is 10.8. The summed E-state index contributed by atoms with van der Waals surface area (Å²) in [6.45, 7) is 8.11. The minimum atomic E-state index is 0.0913. The number of ether oxygens (including phenoxy) is 1. The molecule has 0 aliphatic carbocycles. The molecule has 1 aromatic carbocycles. The van der Waals surface area contributed by atoms with Gasteiger partial charge in [-0.25, -0.2) is 0 Å². The molecule has 0 unspecified atom stereocenters. The van der Waals surface area contributed by atoms with Crippen LogP contribution in [-0.4, -0.2) is 12.4 Å². The second-order valence-electron chi connectivity index (χ2n) is 4.24. The standard InChI is InChI=1S/C13H18O2/c1-9(2)11-5-6-13(15-10(3)4)12(7-11)8-14/h5-10H,1-4H3. The molecule has 0 atom stereocenters. The Labute approximate surface area is 91.3 Å². The van der Waals surface area contributed by atoms with Gasteiger partial charge in [0.05, 0.1) is 11.7 Å². The number of rotatable bonds is 4. The monoisotopic (exact) mass is 206 g/mol. The zero-order valence-electron chi connectivity index (χ0n) is 9.78. The molecule has 0 bridgehead atoms. The van der Waals surface area contributed by atoms with E-state index in [0.29, 0.717) is 17.2 Å². The Hall–Kier alpha value is -1.31. The fraction of sp³-hybridized carbons (Fsp3) is 0.462. The third-order valence-electron chi connectivity index (χ3n) is 2.19. The zero-order valence-corrected chi connectivity index (χ0v) is 9.78. The smallest absolute Gasteiger partial charge is 0.153 e. The van der Waals surface area contributed by atoms with E-state index in [1.54, 1.807) is 0 Å². The van der Waals surface area contributed by atoms with E-state index in [9.17, 15) is 4.79 Å². The van der Waals surface area contributed by atoms with Gasteiger partial charge in [-0.3, -0.25) is 4.79 Å². The SMILES string of the molecule is CC(C)Oc1ccc(C(C)C)cc1C=O. The minimum absolute atomic E-state index is 0.0913. The Morgan fingerprint density at radius 2 is 1.87 bits per heavy atom. The summed E-state index contributed by atoms with van der Waals surface area (Å²) in [6.07, 6.45) is 0.942. The van der Waals surface area contributed by atoms with E-state index in [1.165, 1.54) is 0 Å². The van der Waals surface area contributed by atoms with Crippen molar-refractivity contribution in [2.75, 3.05) is 0 Å². The van der Waals surface area contributed by atoms with Gasteiger partial charge in [0.2, 0.25) is 0 Å². The molecule has 0 aliphatic heterocycles. The van der Waals surface area contributed by atoms with Crippen molar-refractivity contribution in [2.45, 2.75) is 39.7 Å². The summed E-state index contributed by atoms with van der Waals surface area (Å²) in [7, 11) is 0. The van der Waals surface area contributed by atoms with Crippen molar-refractivity contribution in [2.24, 2.45) is 0 Å². The maximum atomic E-state index is 10.9. The van der Waals surface area contributed by atoms with Crippen molar-refractivity contribution in [3.8, 4) is 5.75 Å². The maximum Gasteiger partial charge on any atom is 0.153 e. The molecule has 1 aromatic rings. The van der Waals surface area contributed by atoms with E-state index in [4.69, 9.17) is 4.74 Å². The van der Waals surface area contributed by atoms with Crippen LogP contribution < -0.4 is 4.74 Å². The van der Waals surface area contributed by atoms with Gasteiger partial charge in [-0.1, -0.05) is 19.9 Å². The lowest BCUT2D eigenvalue weighted by Crippen LogP contribution is -2.07. The summed E-state index contributed by atoms with van der Waals surface area (Å²) < 4.78 is 5.54. The Bertz CT molecular complexity index is 340. The number of carbonyl (C=O) groups is 1. The summed E-state index contributed by atoms with van der Waals surface area (Å²) in [6, 6.07) is 5.78. The van der Waals surface area contributed by atoms with Gasteiger partial charge >= 0.3 is 0 Å². The molecule has 0 amide bonds. The first-order chi connectivity index (χ1) is 7.04. The average Bonchev–Trinajstić information content (AvgIpc) is 2.17. The molecule has 0 saturated carbocycles. The topological polar surface area (TPSA) is 26.3 Å². The molecule has 0 fully saturated rings. The van der Waals surface area contributed by atoms with Crippen LogP contribution in [0.4, 0.5) is 0 Å². The van der Waals surface area contributed by atoms with Crippen molar-refractivity contribution in [3.05, 3.63) is 29.3 Å². The van der Waals surface area contributed by atoms with Crippen LogP contribution in [-0.2, 0) is 0 Å². The van der Waals surface area contributed by atoms with Gasteiger partial charge in [0.1, 0.15) is 5.75 Å². The largest absolute Gasteiger partial charge is 0.490 e. The van der Waals surface area contributed by atoms with E-state index >= 15 is 0 Å². The fourth-order valence-electron chi connectivity index (χ4n) is 1.38. The predicted octanol–water partition coefficient (Wildman–Crippen LogP) is 3.41. The number of hydrogen-bond donors (Lipinski definition) is 0. The molecule has 1 rings (SSSR count). The lowest BCUT2D eigenvalue weighted by molar-refractivity contribution is 0.111. The summed E-state index contributed by atoms with van der Waals surface area (Å²) in [5.41, 5.74) is 1.79. The first-order valence-corrected chi connectivity index (χ1v) is 5.30. The van der Waals surface area contributed by atoms with Crippen LogP contribution in [0.5, 0.6) is 5.75 Å². The lowest BCUT2D eigenvalue weighted by Gasteiger charge is -2.13. The summed E-state index contributed by atoms with van der Waals surface area (Å²) in [5, 5.41) is 0. The van der Waals surface area contributed by atoms with Crippen LogP contribution in [0.15, 0.2) is 18.2 Å². The molecule has 2 nitrogen and oxygen atoms in total. The van der Waals surface area contributed by atoms with Gasteiger partial charge in [-0.15, -0.1) is 0 Å². The van der Waals surface area contributed by atoms with Gasteiger partial charge in [0, 0.05) is 0 Å². The molecule has 0 heterocycles. The first kappa shape index (κ1) is 11.8. The zero-order chi connectivity index (χ0) is 11.4. The van der Waals surface area contributed by atoms with Crippen LogP contribution in [0.3, 0.4) is 0 Å². The van der Waals surface area contributed by atoms with Crippen LogP contribution in [0.25, 0.3) is 0 Å². The molecule has 0 radical (unpaired) electrons. The molecule has 0 aromatic heterocycles. The number of benzene rings is 1. The molecular weight excluding hydrogens is 188 g/mol. The lowest BCUT2D eigenvalue weighted by atomic mass is 10.0. The minimum Gasteiger partial charge on any atom is -0.490 e. The molecule has 2 heteroatoms. The number of carbonyl (C=O) groups excluding carboxylic acids is 1. The van der Waals surface area contributed by atoms with Crippen LogP contribution in [0.2, 0.25) is 0 Å². The van der Waals surface area contributed by atoms with Crippen molar-refractivity contribution < 1.29 is 9.53 Å². The number of aldehydes is 1. The van der Waals surface area contributed by atoms with Gasteiger partial charge < -0.3 is 4.74 Å². The second-order valence-corrected chi connectivity index (χ2v) is 4.24. The Morgan fingerprint density at radius 3 is 2.33 bits per heavy atom. The van der Waals surface area contributed by atoms with E-state index in [1.807, 2.05) is 32.0 Å². The van der Waals surface area contributed by atoms with Crippen LogP contribution in [0, 0.1) is 0 Å². The quantitative estimate of drug-likeness (QED) is 0.706. The van der Waals surface area contributed by atoms with E-state index in [-0.39, 0.29) is 6.10 Å². The van der Waals surface area contributed by atoms with Gasteiger partial charge in [-0.05, 0) is 37.5 Å². The van der Waals surface area contributed by atoms with E-state index in [0.717, 1.165) is 11.8 Å². The molecule has 15 heavy (non-hydrogen) atoms.